The molecule has 114 valence electrons. The van der Waals surface area contributed by atoms with Gasteiger partial charge in [0.15, 0.2) is 0 Å². The van der Waals surface area contributed by atoms with Crippen molar-refractivity contribution in [3.05, 3.63) is 28.8 Å². The van der Waals surface area contributed by atoms with E-state index in [0.717, 1.165) is 34.9 Å². The molecule has 2 aromatic rings. The van der Waals surface area contributed by atoms with Gasteiger partial charge < -0.3 is 4.57 Å². The van der Waals surface area contributed by atoms with E-state index in [1.165, 1.54) is 18.9 Å². The molecule has 1 aromatic carbocycles. The molecule has 0 unspecified atom stereocenters. The van der Waals surface area contributed by atoms with Crippen LogP contribution in [0, 0.1) is 5.82 Å². The molecule has 0 spiro atoms. The third-order valence-electron chi connectivity index (χ3n) is 4.27. The highest BCUT2D eigenvalue weighted by Gasteiger charge is 2.25. The van der Waals surface area contributed by atoms with E-state index in [2.05, 4.69) is 15.8 Å². The third kappa shape index (κ3) is 2.90. The van der Waals surface area contributed by atoms with E-state index in [9.17, 15) is 4.39 Å². The van der Waals surface area contributed by atoms with Gasteiger partial charge in [0.1, 0.15) is 11.6 Å². The molecule has 0 radical (unpaired) electrons. The van der Waals surface area contributed by atoms with Crippen LogP contribution in [0.15, 0.2) is 12.1 Å². The van der Waals surface area contributed by atoms with E-state index in [0.29, 0.717) is 11.9 Å². The van der Waals surface area contributed by atoms with E-state index in [1.54, 1.807) is 6.07 Å². The van der Waals surface area contributed by atoms with Gasteiger partial charge in [-0.15, -0.1) is 11.6 Å². The van der Waals surface area contributed by atoms with Gasteiger partial charge in [-0.2, -0.15) is 11.8 Å². The molecule has 21 heavy (non-hydrogen) atoms. The first-order chi connectivity index (χ1) is 10.1. The van der Waals surface area contributed by atoms with Gasteiger partial charge in [-0.3, -0.25) is 0 Å². The van der Waals surface area contributed by atoms with Crippen LogP contribution in [0.5, 0.6) is 0 Å². The van der Waals surface area contributed by atoms with Crippen molar-refractivity contribution in [1.82, 2.24) is 9.55 Å². The van der Waals surface area contributed by atoms with E-state index in [1.807, 2.05) is 11.8 Å². The van der Waals surface area contributed by atoms with Crippen molar-refractivity contribution in [1.29, 1.82) is 0 Å². The zero-order valence-electron chi connectivity index (χ0n) is 11.8. The Bertz CT molecular complexity index is 651. The summed E-state index contributed by atoms with van der Waals surface area (Å²) in [6.45, 7) is 0. The predicted octanol–water partition coefficient (Wildman–Crippen LogP) is 5.41. The molecule has 0 atom stereocenters. The Morgan fingerprint density at radius 1 is 1.33 bits per heavy atom. The molecule has 0 amide bonds. The predicted molar refractivity (Wildman–Crippen MR) is 89.1 cm³/mol. The van der Waals surface area contributed by atoms with Crippen molar-refractivity contribution in [2.45, 2.75) is 42.9 Å². The van der Waals surface area contributed by atoms with Crippen molar-refractivity contribution >= 4 is 46.0 Å². The van der Waals surface area contributed by atoms with E-state index < -0.39 is 5.82 Å². The van der Waals surface area contributed by atoms with Crippen LogP contribution in [0.2, 0.25) is 5.02 Å². The number of nitrogens with zero attached hydrogens (tertiary/aromatic N) is 2. The smallest absolute Gasteiger partial charge is 0.144 e. The van der Waals surface area contributed by atoms with Crippen LogP contribution in [0.25, 0.3) is 11.0 Å². The molecule has 0 N–H and O–H groups in total. The van der Waals surface area contributed by atoms with Gasteiger partial charge in [0.05, 0.1) is 21.9 Å². The van der Waals surface area contributed by atoms with Crippen molar-refractivity contribution in [2.24, 2.45) is 0 Å². The van der Waals surface area contributed by atoms with Crippen LogP contribution < -0.4 is 0 Å². The fourth-order valence-corrected chi connectivity index (χ4v) is 4.27. The molecule has 1 aliphatic rings. The lowest BCUT2D eigenvalue weighted by Gasteiger charge is -2.29. The number of hydrogen-bond donors (Lipinski definition) is 0. The first-order valence-electron chi connectivity index (χ1n) is 7.08. The van der Waals surface area contributed by atoms with Crippen molar-refractivity contribution < 1.29 is 4.39 Å². The second-order valence-electron chi connectivity index (χ2n) is 5.45. The monoisotopic (exact) mass is 346 g/mol. The molecule has 1 fully saturated rings. The molecular weight excluding hydrogens is 330 g/mol. The fourth-order valence-electron chi connectivity index (χ4n) is 3.18. The molecule has 1 aliphatic carbocycles. The normalized spacial score (nSPS) is 22.9. The summed E-state index contributed by atoms with van der Waals surface area (Å²) < 4.78 is 15.9. The van der Waals surface area contributed by atoms with Gasteiger partial charge >= 0.3 is 0 Å². The van der Waals surface area contributed by atoms with Crippen molar-refractivity contribution in [2.75, 3.05) is 6.26 Å². The molecule has 0 bridgehead atoms. The summed E-state index contributed by atoms with van der Waals surface area (Å²) in [5.74, 6) is 0.737. The van der Waals surface area contributed by atoms with Crippen molar-refractivity contribution in [3.8, 4) is 0 Å². The zero-order chi connectivity index (χ0) is 15.0. The van der Waals surface area contributed by atoms with Gasteiger partial charge in [0, 0.05) is 17.4 Å². The SMILES string of the molecule is CSC1CCC(n2c(CCl)nc3cc(Cl)c(F)cc32)CC1. The van der Waals surface area contributed by atoms with Gasteiger partial charge in [0.25, 0.3) is 0 Å². The lowest BCUT2D eigenvalue weighted by Crippen LogP contribution is -2.20. The van der Waals surface area contributed by atoms with Crippen LogP contribution in [-0.4, -0.2) is 21.1 Å². The number of aromatic nitrogens is 2. The summed E-state index contributed by atoms with van der Waals surface area (Å²) in [5, 5.41) is 0.848. The topological polar surface area (TPSA) is 17.8 Å². The summed E-state index contributed by atoms with van der Waals surface area (Å²) in [6, 6.07) is 3.43. The van der Waals surface area contributed by atoms with Crippen molar-refractivity contribution in [3.63, 3.8) is 0 Å². The highest BCUT2D eigenvalue weighted by Crippen LogP contribution is 2.37. The van der Waals surface area contributed by atoms with Gasteiger partial charge in [-0.05, 0) is 38.0 Å². The van der Waals surface area contributed by atoms with Crippen LogP contribution >= 0.6 is 35.0 Å². The minimum Gasteiger partial charge on any atom is -0.324 e. The van der Waals surface area contributed by atoms with E-state index in [4.69, 9.17) is 23.2 Å². The Balaban J connectivity index is 2.02. The summed E-state index contributed by atoms with van der Waals surface area (Å²) in [5.41, 5.74) is 1.53. The first-order valence-corrected chi connectivity index (χ1v) is 9.28. The van der Waals surface area contributed by atoms with E-state index in [-0.39, 0.29) is 5.02 Å². The lowest BCUT2D eigenvalue weighted by atomic mass is 9.94. The molecule has 1 heterocycles. The first kappa shape index (κ1) is 15.4. The Morgan fingerprint density at radius 2 is 2.05 bits per heavy atom. The zero-order valence-corrected chi connectivity index (χ0v) is 14.1. The average Bonchev–Trinajstić information content (AvgIpc) is 2.85. The number of benzene rings is 1. The summed E-state index contributed by atoms with van der Waals surface area (Å²) in [4.78, 5) is 4.52. The summed E-state index contributed by atoms with van der Waals surface area (Å²) in [6.07, 6.45) is 6.71. The van der Waals surface area contributed by atoms with Crippen LogP contribution in [0.1, 0.15) is 37.5 Å². The average molecular weight is 347 g/mol. The third-order valence-corrected chi connectivity index (χ3v) is 5.93. The standard InChI is InChI=1S/C15H17Cl2FN2S/c1-21-10-4-2-9(3-5-10)20-14-7-12(18)11(17)6-13(14)19-15(20)8-16/h6-7,9-10H,2-5,8H2,1H3. The number of halogens is 3. The minimum absolute atomic E-state index is 0.111. The Kier molecular flexibility index (Phi) is 4.67. The Labute approximate surface area is 138 Å². The Hall–Kier alpha value is -0.450. The second kappa shape index (κ2) is 6.35. The number of hydrogen-bond acceptors (Lipinski definition) is 2. The van der Waals surface area contributed by atoms with Gasteiger partial charge in [0.2, 0.25) is 0 Å². The number of alkyl halides is 1. The maximum atomic E-state index is 13.8. The molecule has 3 rings (SSSR count). The largest absolute Gasteiger partial charge is 0.324 e. The molecule has 0 aliphatic heterocycles. The lowest BCUT2D eigenvalue weighted by molar-refractivity contribution is 0.361. The molecule has 1 aromatic heterocycles. The summed E-state index contributed by atoms with van der Waals surface area (Å²) in [7, 11) is 0. The molecule has 1 saturated carbocycles. The number of fused-ring (bicyclic) bond motifs is 1. The van der Waals surface area contributed by atoms with E-state index >= 15 is 0 Å². The number of imidazole rings is 1. The Morgan fingerprint density at radius 3 is 2.67 bits per heavy atom. The fraction of sp³-hybridized carbons (Fsp3) is 0.533. The quantitative estimate of drug-likeness (QED) is 0.691. The maximum absolute atomic E-state index is 13.8. The highest BCUT2D eigenvalue weighted by atomic mass is 35.5. The van der Waals surface area contributed by atoms with Crippen LogP contribution in [0.3, 0.4) is 0 Å². The molecule has 2 nitrogen and oxygen atoms in total. The van der Waals surface area contributed by atoms with Crippen LogP contribution in [-0.2, 0) is 5.88 Å². The second-order valence-corrected chi connectivity index (χ2v) is 7.27. The minimum atomic E-state index is -0.399. The van der Waals surface area contributed by atoms with Crippen LogP contribution in [0.4, 0.5) is 4.39 Å². The maximum Gasteiger partial charge on any atom is 0.144 e. The number of rotatable bonds is 3. The van der Waals surface area contributed by atoms with Gasteiger partial charge in [-0.1, -0.05) is 11.6 Å². The number of thioether (sulfide) groups is 1. The highest BCUT2D eigenvalue weighted by molar-refractivity contribution is 7.99. The molecule has 6 heteroatoms. The molecule has 0 saturated heterocycles. The molecular formula is C15H17Cl2FN2S. The summed E-state index contributed by atoms with van der Waals surface area (Å²) >= 11 is 13.8. The van der Waals surface area contributed by atoms with Gasteiger partial charge in [-0.25, -0.2) is 9.37 Å².